The average Bonchev–Trinajstić information content (AvgIpc) is 2.68. The van der Waals surface area contributed by atoms with Crippen LogP contribution in [-0.4, -0.2) is 31.0 Å². The molecule has 0 saturated heterocycles. The van der Waals surface area contributed by atoms with E-state index in [1.54, 1.807) is 42.5 Å². The smallest absolute Gasteiger partial charge is 0.339 e. The van der Waals surface area contributed by atoms with Crippen molar-refractivity contribution < 1.29 is 23.9 Å². The van der Waals surface area contributed by atoms with Gasteiger partial charge in [0.2, 0.25) is 11.8 Å². The maximum Gasteiger partial charge on any atom is 0.339 e. The Morgan fingerprint density at radius 1 is 0.897 bits per heavy atom. The van der Waals surface area contributed by atoms with Crippen LogP contribution in [0.15, 0.2) is 48.5 Å². The quantitative estimate of drug-likeness (QED) is 0.546. The molecule has 29 heavy (non-hydrogen) atoms. The number of anilines is 2. The molecule has 0 aliphatic heterocycles. The zero-order valence-corrected chi connectivity index (χ0v) is 17.2. The van der Waals surface area contributed by atoms with Crippen LogP contribution in [0, 0.1) is 5.41 Å². The summed E-state index contributed by atoms with van der Waals surface area (Å²) in [6.07, 6.45) is 0.0472. The van der Waals surface area contributed by atoms with Crippen molar-refractivity contribution in [3.63, 3.8) is 0 Å². The van der Waals surface area contributed by atoms with Gasteiger partial charge in [-0.25, -0.2) is 4.79 Å². The third-order valence-corrected chi connectivity index (χ3v) is 4.20. The number of rotatable bonds is 7. The number of para-hydroxylation sites is 1. The lowest BCUT2D eigenvalue weighted by atomic mass is 9.90. The van der Waals surface area contributed by atoms with Crippen molar-refractivity contribution in [1.82, 2.24) is 0 Å². The molecule has 0 radical (unpaired) electrons. The molecule has 0 saturated carbocycles. The van der Waals surface area contributed by atoms with E-state index in [0.29, 0.717) is 11.4 Å². The number of methoxy groups -OCH3 is 1. The van der Waals surface area contributed by atoms with Gasteiger partial charge in [-0.05, 0) is 64.1 Å². The van der Waals surface area contributed by atoms with E-state index in [4.69, 9.17) is 9.47 Å². The van der Waals surface area contributed by atoms with Gasteiger partial charge >= 0.3 is 5.97 Å². The topological polar surface area (TPSA) is 93.7 Å². The Kier molecular flexibility index (Phi) is 6.98. The van der Waals surface area contributed by atoms with E-state index in [-0.39, 0.29) is 17.4 Å². The lowest BCUT2D eigenvalue weighted by Gasteiger charge is -2.23. The van der Waals surface area contributed by atoms with Gasteiger partial charge in [0.05, 0.1) is 24.5 Å². The summed E-state index contributed by atoms with van der Waals surface area (Å²) in [7, 11) is 1.26. The standard InChI is InChI=1S/C22H26N2O5/c1-14(2)29-16-12-10-15(11-13-16)23-20(26)22(3,4)21(27)24-18-9-7-6-8-17(18)19(25)28-5/h6-14H,1-5H3,(H,23,26)(H,24,27). The predicted molar refractivity (Wildman–Crippen MR) is 111 cm³/mol. The minimum absolute atomic E-state index is 0.0472. The maximum absolute atomic E-state index is 12.8. The second kappa shape index (κ2) is 9.23. The van der Waals surface area contributed by atoms with E-state index in [9.17, 15) is 14.4 Å². The number of hydrogen-bond donors (Lipinski definition) is 2. The monoisotopic (exact) mass is 398 g/mol. The van der Waals surface area contributed by atoms with Crippen molar-refractivity contribution in [2.45, 2.75) is 33.8 Å². The molecule has 0 aliphatic carbocycles. The summed E-state index contributed by atoms with van der Waals surface area (Å²) in [5, 5.41) is 5.37. The minimum atomic E-state index is -1.39. The van der Waals surface area contributed by atoms with Crippen molar-refractivity contribution in [2.24, 2.45) is 5.41 Å². The second-order valence-corrected chi connectivity index (χ2v) is 7.26. The first-order valence-electron chi connectivity index (χ1n) is 9.22. The summed E-state index contributed by atoms with van der Waals surface area (Å²) < 4.78 is 10.3. The third kappa shape index (κ3) is 5.57. The molecule has 2 amide bonds. The highest BCUT2D eigenvalue weighted by Gasteiger charge is 2.36. The van der Waals surface area contributed by atoms with Crippen molar-refractivity contribution in [3.8, 4) is 5.75 Å². The molecular weight excluding hydrogens is 372 g/mol. The summed E-state index contributed by atoms with van der Waals surface area (Å²) in [6, 6.07) is 13.3. The van der Waals surface area contributed by atoms with E-state index in [2.05, 4.69) is 10.6 Å². The van der Waals surface area contributed by atoms with Crippen molar-refractivity contribution >= 4 is 29.2 Å². The second-order valence-electron chi connectivity index (χ2n) is 7.26. The van der Waals surface area contributed by atoms with Gasteiger partial charge < -0.3 is 20.1 Å². The van der Waals surface area contributed by atoms with Gasteiger partial charge in [-0.3, -0.25) is 9.59 Å². The van der Waals surface area contributed by atoms with Crippen molar-refractivity contribution in [2.75, 3.05) is 17.7 Å². The molecule has 154 valence electrons. The van der Waals surface area contributed by atoms with Crippen LogP contribution in [0.5, 0.6) is 5.75 Å². The van der Waals surface area contributed by atoms with Gasteiger partial charge in [0.1, 0.15) is 11.2 Å². The fourth-order valence-electron chi connectivity index (χ4n) is 2.44. The van der Waals surface area contributed by atoms with E-state index in [1.165, 1.54) is 27.0 Å². The van der Waals surface area contributed by atoms with Gasteiger partial charge in [0, 0.05) is 5.69 Å². The van der Waals surface area contributed by atoms with Crippen LogP contribution >= 0.6 is 0 Å². The Morgan fingerprint density at radius 2 is 1.48 bits per heavy atom. The van der Waals surface area contributed by atoms with Crippen LogP contribution < -0.4 is 15.4 Å². The zero-order chi connectivity index (χ0) is 21.6. The molecule has 0 heterocycles. The number of benzene rings is 2. The number of amides is 2. The highest BCUT2D eigenvalue weighted by Crippen LogP contribution is 2.24. The molecule has 0 unspecified atom stereocenters. The summed E-state index contributed by atoms with van der Waals surface area (Å²) in [4.78, 5) is 37.3. The van der Waals surface area contributed by atoms with Crippen molar-refractivity contribution in [1.29, 1.82) is 0 Å². The van der Waals surface area contributed by atoms with Crippen molar-refractivity contribution in [3.05, 3.63) is 54.1 Å². The van der Waals surface area contributed by atoms with E-state index < -0.39 is 23.2 Å². The summed E-state index contributed by atoms with van der Waals surface area (Å²) in [5.41, 5.74) is -0.362. The lowest BCUT2D eigenvalue weighted by molar-refractivity contribution is -0.135. The summed E-state index contributed by atoms with van der Waals surface area (Å²) in [5.74, 6) is -0.921. The molecule has 2 aromatic carbocycles. The summed E-state index contributed by atoms with van der Waals surface area (Å²) >= 11 is 0. The highest BCUT2D eigenvalue weighted by molar-refractivity contribution is 6.15. The molecule has 2 rings (SSSR count). The van der Waals surface area contributed by atoms with E-state index in [0.717, 1.165) is 0 Å². The third-order valence-electron chi connectivity index (χ3n) is 4.20. The number of esters is 1. The number of ether oxygens (including phenoxy) is 2. The fraction of sp³-hybridized carbons (Fsp3) is 0.318. The Balaban J connectivity index is 2.10. The van der Waals surface area contributed by atoms with Gasteiger partial charge in [-0.1, -0.05) is 12.1 Å². The Hall–Kier alpha value is -3.35. The molecule has 0 bridgehead atoms. The molecule has 0 spiro atoms. The summed E-state index contributed by atoms with van der Waals surface area (Å²) in [6.45, 7) is 6.87. The molecular formula is C22H26N2O5. The molecule has 0 aromatic heterocycles. The molecule has 0 atom stereocenters. The van der Waals surface area contributed by atoms with Gasteiger partial charge in [-0.2, -0.15) is 0 Å². The number of carbonyl (C=O) groups excluding carboxylic acids is 3. The molecule has 7 heteroatoms. The molecule has 2 aromatic rings. The van der Waals surface area contributed by atoms with E-state index in [1.807, 2.05) is 13.8 Å². The predicted octanol–water partition coefficient (Wildman–Crippen LogP) is 3.86. The molecule has 2 N–H and O–H groups in total. The van der Waals surface area contributed by atoms with Gasteiger partial charge in [-0.15, -0.1) is 0 Å². The fourth-order valence-corrected chi connectivity index (χ4v) is 2.44. The molecule has 0 aliphatic rings. The largest absolute Gasteiger partial charge is 0.491 e. The first-order chi connectivity index (χ1) is 13.6. The van der Waals surface area contributed by atoms with E-state index >= 15 is 0 Å². The van der Waals surface area contributed by atoms with Crippen LogP contribution in [0.2, 0.25) is 0 Å². The molecule has 0 fully saturated rings. The first kappa shape index (κ1) is 21.9. The minimum Gasteiger partial charge on any atom is -0.491 e. The molecule has 7 nitrogen and oxygen atoms in total. The first-order valence-corrected chi connectivity index (χ1v) is 9.22. The maximum atomic E-state index is 12.8. The van der Waals surface area contributed by atoms with Crippen LogP contribution in [0.4, 0.5) is 11.4 Å². The lowest BCUT2D eigenvalue weighted by Crippen LogP contribution is -2.41. The normalized spacial score (nSPS) is 11.0. The zero-order valence-electron chi connectivity index (χ0n) is 17.2. The Morgan fingerprint density at radius 3 is 2.07 bits per heavy atom. The van der Waals surface area contributed by atoms with Gasteiger partial charge in [0.15, 0.2) is 0 Å². The van der Waals surface area contributed by atoms with Crippen LogP contribution in [0.3, 0.4) is 0 Å². The van der Waals surface area contributed by atoms with Crippen LogP contribution in [0.1, 0.15) is 38.1 Å². The number of hydrogen-bond acceptors (Lipinski definition) is 5. The van der Waals surface area contributed by atoms with Crippen LogP contribution in [0.25, 0.3) is 0 Å². The number of nitrogens with one attached hydrogen (secondary N) is 2. The van der Waals surface area contributed by atoms with Gasteiger partial charge in [0.25, 0.3) is 0 Å². The Bertz CT molecular complexity index is 888. The SMILES string of the molecule is COC(=O)c1ccccc1NC(=O)C(C)(C)C(=O)Nc1ccc(OC(C)C)cc1. The number of carbonyl (C=O) groups is 3. The Labute approximate surface area is 170 Å². The average molecular weight is 398 g/mol. The van der Waals surface area contributed by atoms with Crippen LogP contribution in [-0.2, 0) is 14.3 Å². The highest BCUT2D eigenvalue weighted by atomic mass is 16.5.